The summed E-state index contributed by atoms with van der Waals surface area (Å²) in [5, 5.41) is 5.92. The van der Waals surface area contributed by atoms with Crippen molar-refractivity contribution in [3.8, 4) is 23.0 Å². The maximum absolute atomic E-state index is 12.5. The molecule has 0 bridgehead atoms. The van der Waals surface area contributed by atoms with Crippen LogP contribution >= 0.6 is 0 Å². The van der Waals surface area contributed by atoms with Crippen LogP contribution in [0.25, 0.3) is 12.2 Å². The Bertz CT molecular complexity index is 1150. The Morgan fingerprint density at radius 1 is 0.771 bits per heavy atom. The third-order valence-electron chi connectivity index (χ3n) is 6.00. The zero-order valence-corrected chi connectivity index (χ0v) is 19.3. The fraction of sp³-hybridized carbons (Fsp3) is 0.333. The standard InChI is InChI=1S/C27H28N2O6/c30-26(9-3-18-1-7-22-24(15-18)34-13-11-32-22)28-17-21(20-5-6-20)29-27(31)10-4-19-2-8-23-25(16-19)35-14-12-33-23/h1-4,7-10,15-16,20-21H,5-6,11-14,17H2,(H,28,30)(H,29,31)/b9-3-,10-4-/t21-/m0/s1. The van der Waals surface area contributed by atoms with Crippen molar-refractivity contribution in [2.24, 2.45) is 5.92 Å². The Labute approximate surface area is 203 Å². The molecular formula is C27H28N2O6. The summed E-state index contributed by atoms with van der Waals surface area (Å²) < 4.78 is 22.2. The highest BCUT2D eigenvalue weighted by Crippen LogP contribution is 2.33. The molecule has 2 amide bonds. The number of benzene rings is 2. The van der Waals surface area contributed by atoms with Crippen LogP contribution in [0.4, 0.5) is 0 Å². The highest BCUT2D eigenvalue weighted by atomic mass is 16.6. The van der Waals surface area contributed by atoms with Gasteiger partial charge in [-0.05, 0) is 66.3 Å². The molecule has 0 radical (unpaired) electrons. The minimum Gasteiger partial charge on any atom is -0.486 e. The number of rotatable bonds is 8. The molecule has 2 aromatic rings. The van der Waals surface area contributed by atoms with E-state index in [0.717, 1.165) is 24.0 Å². The second kappa shape index (κ2) is 10.5. The smallest absolute Gasteiger partial charge is 0.244 e. The molecule has 182 valence electrons. The van der Waals surface area contributed by atoms with Crippen molar-refractivity contribution in [2.45, 2.75) is 18.9 Å². The van der Waals surface area contributed by atoms with Crippen LogP contribution < -0.4 is 29.6 Å². The van der Waals surface area contributed by atoms with Gasteiger partial charge in [0, 0.05) is 24.7 Å². The van der Waals surface area contributed by atoms with E-state index in [1.54, 1.807) is 12.2 Å². The van der Waals surface area contributed by atoms with E-state index in [4.69, 9.17) is 18.9 Å². The van der Waals surface area contributed by atoms with Gasteiger partial charge in [0.25, 0.3) is 0 Å². The molecule has 1 aliphatic carbocycles. The van der Waals surface area contributed by atoms with Crippen LogP contribution in [-0.2, 0) is 9.59 Å². The van der Waals surface area contributed by atoms with Crippen molar-refractivity contribution in [3.05, 3.63) is 59.7 Å². The Balaban J connectivity index is 1.12. The van der Waals surface area contributed by atoms with Crippen LogP contribution in [0.1, 0.15) is 24.0 Å². The highest BCUT2D eigenvalue weighted by Gasteiger charge is 2.32. The van der Waals surface area contributed by atoms with Crippen molar-refractivity contribution < 1.29 is 28.5 Å². The SMILES string of the molecule is O=C(/C=C\c1ccc2c(c1)OCCO2)NC[C@H](NC(=O)/C=C\c1ccc2c(c1)OCCO2)C1CC1. The van der Waals surface area contributed by atoms with E-state index >= 15 is 0 Å². The van der Waals surface area contributed by atoms with Gasteiger partial charge < -0.3 is 29.6 Å². The summed E-state index contributed by atoms with van der Waals surface area (Å²) in [5.41, 5.74) is 1.70. The second-order valence-corrected chi connectivity index (χ2v) is 8.67. The molecule has 3 aliphatic rings. The van der Waals surface area contributed by atoms with E-state index in [0.29, 0.717) is 61.9 Å². The number of hydrogen-bond acceptors (Lipinski definition) is 6. The van der Waals surface area contributed by atoms with E-state index in [-0.39, 0.29) is 17.9 Å². The van der Waals surface area contributed by atoms with Crippen molar-refractivity contribution in [1.29, 1.82) is 0 Å². The third-order valence-corrected chi connectivity index (χ3v) is 6.00. The molecule has 0 aromatic heterocycles. The van der Waals surface area contributed by atoms with Crippen molar-refractivity contribution in [1.82, 2.24) is 10.6 Å². The lowest BCUT2D eigenvalue weighted by Crippen LogP contribution is -2.44. The van der Waals surface area contributed by atoms with Crippen LogP contribution in [0.2, 0.25) is 0 Å². The molecule has 5 rings (SSSR count). The van der Waals surface area contributed by atoms with Gasteiger partial charge in [-0.1, -0.05) is 12.1 Å². The molecular weight excluding hydrogens is 448 g/mol. The van der Waals surface area contributed by atoms with Crippen LogP contribution in [0.5, 0.6) is 23.0 Å². The zero-order valence-electron chi connectivity index (χ0n) is 19.3. The molecule has 0 spiro atoms. The Kier molecular flexibility index (Phi) is 6.88. The number of amides is 2. The predicted octanol–water partition coefficient (Wildman–Crippen LogP) is 2.97. The predicted molar refractivity (Wildman–Crippen MR) is 131 cm³/mol. The van der Waals surface area contributed by atoms with E-state index in [2.05, 4.69) is 10.6 Å². The summed E-state index contributed by atoms with van der Waals surface area (Å²) in [6.45, 7) is 2.48. The van der Waals surface area contributed by atoms with Gasteiger partial charge in [0.15, 0.2) is 23.0 Å². The van der Waals surface area contributed by atoms with Gasteiger partial charge in [-0.15, -0.1) is 0 Å². The topological polar surface area (TPSA) is 95.1 Å². The first-order valence-corrected chi connectivity index (χ1v) is 11.9. The normalized spacial score (nSPS) is 17.3. The Hall–Kier alpha value is -3.94. The number of hydrogen-bond donors (Lipinski definition) is 2. The lowest BCUT2D eigenvalue weighted by Gasteiger charge is -2.18. The van der Waals surface area contributed by atoms with E-state index in [1.807, 2.05) is 36.4 Å². The molecule has 2 heterocycles. The number of carbonyl (C=O) groups is 2. The largest absolute Gasteiger partial charge is 0.486 e. The van der Waals surface area contributed by atoms with Crippen molar-refractivity contribution in [2.75, 3.05) is 33.0 Å². The van der Waals surface area contributed by atoms with Gasteiger partial charge in [0.2, 0.25) is 11.8 Å². The molecule has 2 N–H and O–H groups in total. The lowest BCUT2D eigenvalue weighted by molar-refractivity contribution is -0.119. The van der Waals surface area contributed by atoms with Gasteiger partial charge in [-0.3, -0.25) is 9.59 Å². The third kappa shape index (κ3) is 6.15. The summed E-state index contributed by atoms with van der Waals surface area (Å²) in [5.74, 6) is 2.75. The van der Waals surface area contributed by atoms with Crippen LogP contribution in [-0.4, -0.2) is 50.8 Å². The van der Waals surface area contributed by atoms with Crippen LogP contribution in [0.15, 0.2) is 48.6 Å². The monoisotopic (exact) mass is 476 g/mol. The second-order valence-electron chi connectivity index (χ2n) is 8.67. The van der Waals surface area contributed by atoms with Gasteiger partial charge in [0.1, 0.15) is 26.4 Å². The fourth-order valence-corrected chi connectivity index (χ4v) is 4.01. The van der Waals surface area contributed by atoms with Gasteiger partial charge in [-0.2, -0.15) is 0 Å². The minimum atomic E-state index is -0.216. The maximum Gasteiger partial charge on any atom is 0.244 e. The van der Waals surface area contributed by atoms with Gasteiger partial charge in [0.05, 0.1) is 0 Å². The van der Waals surface area contributed by atoms with Gasteiger partial charge in [-0.25, -0.2) is 0 Å². The molecule has 35 heavy (non-hydrogen) atoms. The van der Waals surface area contributed by atoms with Crippen molar-refractivity contribution >= 4 is 24.0 Å². The molecule has 0 unspecified atom stereocenters. The Morgan fingerprint density at radius 2 is 1.29 bits per heavy atom. The number of ether oxygens (including phenoxy) is 4. The first-order chi connectivity index (χ1) is 17.1. The zero-order chi connectivity index (χ0) is 24.0. The first-order valence-electron chi connectivity index (χ1n) is 11.9. The minimum absolute atomic E-state index is 0.112. The van der Waals surface area contributed by atoms with Crippen molar-refractivity contribution in [3.63, 3.8) is 0 Å². The molecule has 8 nitrogen and oxygen atoms in total. The Morgan fingerprint density at radius 3 is 1.83 bits per heavy atom. The molecule has 1 atom stereocenters. The highest BCUT2D eigenvalue weighted by molar-refractivity contribution is 5.93. The van der Waals surface area contributed by atoms with Crippen LogP contribution in [0, 0.1) is 5.92 Å². The molecule has 1 saturated carbocycles. The van der Waals surface area contributed by atoms with Crippen LogP contribution in [0.3, 0.4) is 0 Å². The number of nitrogens with one attached hydrogen (secondary N) is 2. The average Bonchev–Trinajstić information content (AvgIpc) is 3.74. The van der Waals surface area contributed by atoms with Gasteiger partial charge >= 0.3 is 0 Å². The summed E-state index contributed by atoms with van der Waals surface area (Å²) in [6, 6.07) is 11.0. The fourth-order valence-electron chi connectivity index (χ4n) is 4.01. The number of fused-ring (bicyclic) bond motifs is 2. The summed E-state index contributed by atoms with van der Waals surface area (Å²) in [7, 11) is 0. The van der Waals surface area contributed by atoms with E-state index < -0.39 is 0 Å². The molecule has 0 saturated heterocycles. The van der Waals surface area contributed by atoms with E-state index in [9.17, 15) is 9.59 Å². The number of carbonyl (C=O) groups excluding carboxylic acids is 2. The maximum atomic E-state index is 12.5. The summed E-state index contributed by atoms with van der Waals surface area (Å²) in [4.78, 5) is 24.9. The van der Waals surface area contributed by atoms with E-state index in [1.165, 1.54) is 12.2 Å². The average molecular weight is 477 g/mol. The molecule has 2 aliphatic heterocycles. The first kappa shape index (κ1) is 22.8. The lowest BCUT2D eigenvalue weighted by atomic mass is 10.1. The quantitative estimate of drug-likeness (QED) is 0.569. The summed E-state index contributed by atoms with van der Waals surface area (Å²) >= 11 is 0. The summed E-state index contributed by atoms with van der Waals surface area (Å²) in [6.07, 6.45) is 8.55. The molecule has 2 aromatic carbocycles. The molecule has 8 heteroatoms. The molecule has 1 fully saturated rings.